The molecule has 0 aromatic carbocycles. The number of rotatable bonds is 5. The van der Waals surface area contributed by atoms with E-state index in [0.717, 1.165) is 4.88 Å². The lowest BCUT2D eigenvalue weighted by molar-refractivity contribution is 0.469. The van der Waals surface area contributed by atoms with Gasteiger partial charge in [-0.05, 0) is 23.6 Å². The van der Waals surface area contributed by atoms with E-state index >= 15 is 0 Å². The van der Waals surface area contributed by atoms with Gasteiger partial charge in [-0.1, -0.05) is 11.6 Å². The molecular formula is C11H11Cl2NO2S3. The topological polar surface area (TPSA) is 37.4 Å². The Morgan fingerprint density at radius 3 is 2.63 bits per heavy atom. The van der Waals surface area contributed by atoms with Crippen LogP contribution in [0.5, 0.6) is 0 Å². The molecule has 2 aromatic heterocycles. The second-order valence-corrected chi connectivity index (χ2v) is 8.89. The van der Waals surface area contributed by atoms with E-state index in [9.17, 15) is 8.42 Å². The molecule has 2 heterocycles. The fourth-order valence-electron chi connectivity index (χ4n) is 1.57. The molecule has 0 fully saturated rings. The predicted octanol–water partition coefficient (Wildman–Crippen LogP) is 4.02. The fourth-order valence-corrected chi connectivity index (χ4v) is 5.61. The van der Waals surface area contributed by atoms with Gasteiger partial charge in [-0.2, -0.15) is 4.31 Å². The van der Waals surface area contributed by atoms with Crippen molar-refractivity contribution in [3.05, 3.63) is 37.7 Å². The van der Waals surface area contributed by atoms with Gasteiger partial charge in [0.25, 0.3) is 0 Å². The zero-order chi connectivity index (χ0) is 14.0. The Balaban J connectivity index is 2.24. The molecule has 0 saturated heterocycles. The minimum atomic E-state index is -3.50. The second kappa shape index (κ2) is 6.11. The molecule has 0 atom stereocenters. The molecule has 0 aliphatic heterocycles. The zero-order valence-corrected chi connectivity index (χ0v) is 13.9. The predicted molar refractivity (Wildman–Crippen MR) is 81.9 cm³/mol. The van der Waals surface area contributed by atoms with Crippen LogP contribution in [0.3, 0.4) is 0 Å². The van der Waals surface area contributed by atoms with E-state index in [1.807, 2.05) is 6.07 Å². The van der Waals surface area contributed by atoms with E-state index in [1.54, 1.807) is 24.6 Å². The van der Waals surface area contributed by atoms with E-state index in [4.69, 9.17) is 23.2 Å². The van der Waals surface area contributed by atoms with Gasteiger partial charge in [-0.3, -0.25) is 0 Å². The number of nitrogens with zero attached hydrogens (tertiary/aromatic N) is 1. The summed E-state index contributed by atoms with van der Waals surface area (Å²) in [5, 5.41) is 1.74. The van der Waals surface area contributed by atoms with Crippen molar-refractivity contribution in [2.75, 3.05) is 7.05 Å². The zero-order valence-electron chi connectivity index (χ0n) is 9.97. The Labute approximate surface area is 130 Å². The minimum Gasteiger partial charge on any atom is -0.207 e. The van der Waals surface area contributed by atoms with Gasteiger partial charge >= 0.3 is 0 Å². The first-order valence-corrected chi connectivity index (χ1v) is 9.33. The third-order valence-electron chi connectivity index (χ3n) is 2.52. The minimum absolute atomic E-state index is 0.199. The summed E-state index contributed by atoms with van der Waals surface area (Å²) in [5.41, 5.74) is 0. The van der Waals surface area contributed by atoms with Crippen molar-refractivity contribution < 1.29 is 8.42 Å². The molecule has 0 aliphatic rings. The van der Waals surface area contributed by atoms with Gasteiger partial charge in [0.2, 0.25) is 10.0 Å². The largest absolute Gasteiger partial charge is 0.244 e. The Morgan fingerprint density at radius 1 is 1.32 bits per heavy atom. The summed E-state index contributed by atoms with van der Waals surface area (Å²) in [5.74, 6) is 0.199. The Bertz CT molecular complexity index is 663. The van der Waals surface area contributed by atoms with Gasteiger partial charge in [0.05, 0.1) is 15.1 Å². The Hall–Kier alpha value is -0.110. The molecule has 2 rings (SSSR count). The summed E-state index contributed by atoms with van der Waals surface area (Å²) in [6.45, 7) is 0.303. The molecule has 0 bridgehead atoms. The summed E-state index contributed by atoms with van der Waals surface area (Å²) in [6.07, 6.45) is 0. The Kier molecular flexibility index (Phi) is 4.92. The molecule has 3 nitrogen and oxygen atoms in total. The van der Waals surface area contributed by atoms with Crippen molar-refractivity contribution in [2.24, 2.45) is 0 Å². The monoisotopic (exact) mass is 355 g/mol. The summed E-state index contributed by atoms with van der Waals surface area (Å²) in [6, 6.07) is 5.18. The Morgan fingerprint density at radius 2 is 2.05 bits per heavy atom. The van der Waals surface area contributed by atoms with Crippen LogP contribution in [0.4, 0.5) is 0 Å². The highest BCUT2D eigenvalue weighted by atomic mass is 35.5. The first kappa shape index (κ1) is 15.3. The fraction of sp³-hybridized carbons (Fsp3) is 0.273. The average Bonchev–Trinajstić information content (AvgIpc) is 2.97. The summed E-state index contributed by atoms with van der Waals surface area (Å²) in [4.78, 5) is 1.86. The lowest BCUT2D eigenvalue weighted by atomic mass is 10.5. The molecule has 0 amide bonds. The number of sulfonamides is 1. The van der Waals surface area contributed by atoms with Crippen LogP contribution in [0, 0.1) is 0 Å². The van der Waals surface area contributed by atoms with Crippen molar-refractivity contribution in [1.29, 1.82) is 0 Å². The molecule has 104 valence electrons. The maximum absolute atomic E-state index is 12.4. The number of thiophene rings is 2. The summed E-state index contributed by atoms with van der Waals surface area (Å²) < 4.78 is 26.8. The highest BCUT2D eigenvalue weighted by Gasteiger charge is 2.25. The van der Waals surface area contributed by atoms with Gasteiger partial charge in [0.1, 0.15) is 0 Å². The number of hydrogen-bond donors (Lipinski definition) is 0. The lowest BCUT2D eigenvalue weighted by Gasteiger charge is -2.16. The van der Waals surface area contributed by atoms with Crippen molar-refractivity contribution in [3.8, 4) is 0 Å². The van der Waals surface area contributed by atoms with Crippen molar-refractivity contribution in [2.45, 2.75) is 17.3 Å². The molecule has 0 spiro atoms. The number of alkyl halides is 1. The molecule has 0 radical (unpaired) electrons. The number of hydrogen-bond acceptors (Lipinski definition) is 4. The maximum atomic E-state index is 12.4. The van der Waals surface area contributed by atoms with Gasteiger partial charge < -0.3 is 0 Å². The molecule has 19 heavy (non-hydrogen) atoms. The second-order valence-electron chi connectivity index (χ2n) is 3.81. The molecule has 0 aliphatic carbocycles. The van der Waals surface area contributed by atoms with Crippen LogP contribution < -0.4 is 0 Å². The first-order valence-electron chi connectivity index (χ1n) is 5.28. The van der Waals surface area contributed by atoms with Crippen LogP contribution >= 0.6 is 45.9 Å². The maximum Gasteiger partial charge on any atom is 0.244 e. The van der Waals surface area contributed by atoms with E-state index in [2.05, 4.69) is 0 Å². The van der Waals surface area contributed by atoms with Crippen molar-refractivity contribution in [1.82, 2.24) is 4.31 Å². The standard InChI is InChI=1S/C11H11Cl2NO2S3/c1-14(7-8-2-3-11(13)18-8)19(15,16)10-4-5-17-9(10)6-12/h2-5H,6-7H2,1H3. The normalized spacial score (nSPS) is 12.2. The summed E-state index contributed by atoms with van der Waals surface area (Å²) in [7, 11) is -1.95. The molecule has 0 N–H and O–H groups in total. The highest BCUT2D eigenvalue weighted by Crippen LogP contribution is 2.28. The van der Waals surface area contributed by atoms with Gasteiger partial charge in [0.15, 0.2) is 0 Å². The van der Waals surface area contributed by atoms with Crippen LogP contribution in [0.2, 0.25) is 4.34 Å². The first-order chi connectivity index (χ1) is 8.95. The molecule has 8 heteroatoms. The highest BCUT2D eigenvalue weighted by molar-refractivity contribution is 7.89. The lowest BCUT2D eigenvalue weighted by Crippen LogP contribution is -2.26. The van der Waals surface area contributed by atoms with Gasteiger partial charge in [-0.15, -0.1) is 34.3 Å². The van der Waals surface area contributed by atoms with Crippen LogP contribution in [0.25, 0.3) is 0 Å². The molecule has 0 unspecified atom stereocenters. The molecule has 2 aromatic rings. The van der Waals surface area contributed by atoms with Gasteiger partial charge in [0, 0.05) is 23.3 Å². The van der Waals surface area contributed by atoms with Crippen molar-refractivity contribution in [3.63, 3.8) is 0 Å². The average molecular weight is 356 g/mol. The third kappa shape index (κ3) is 3.32. The van der Waals surface area contributed by atoms with Crippen LogP contribution in [0.15, 0.2) is 28.5 Å². The van der Waals surface area contributed by atoms with Crippen molar-refractivity contribution >= 4 is 55.9 Å². The van der Waals surface area contributed by atoms with Crippen LogP contribution in [-0.2, 0) is 22.4 Å². The molecule has 0 saturated carbocycles. The molecular weight excluding hydrogens is 345 g/mol. The SMILES string of the molecule is CN(Cc1ccc(Cl)s1)S(=O)(=O)c1ccsc1CCl. The van der Waals surface area contributed by atoms with E-state index < -0.39 is 10.0 Å². The summed E-state index contributed by atoms with van der Waals surface area (Å²) >= 11 is 14.3. The van der Waals surface area contributed by atoms with Crippen LogP contribution in [-0.4, -0.2) is 19.8 Å². The smallest absolute Gasteiger partial charge is 0.207 e. The van der Waals surface area contributed by atoms with E-state index in [1.165, 1.54) is 27.0 Å². The number of halogens is 2. The van der Waals surface area contributed by atoms with E-state index in [-0.39, 0.29) is 10.8 Å². The van der Waals surface area contributed by atoms with E-state index in [0.29, 0.717) is 15.8 Å². The van der Waals surface area contributed by atoms with Crippen LogP contribution in [0.1, 0.15) is 9.75 Å². The quantitative estimate of drug-likeness (QED) is 0.759. The van der Waals surface area contributed by atoms with Gasteiger partial charge in [-0.25, -0.2) is 8.42 Å². The third-order valence-corrected chi connectivity index (χ3v) is 7.10.